The van der Waals surface area contributed by atoms with Gasteiger partial charge in [0, 0.05) is 6.54 Å². The maximum atomic E-state index is 11.6. The SMILES string of the molecule is CNCc1ccc(OC)c(OC(C)C(=O)NC(N)=O)c1. The number of carbonyl (C=O) groups is 2. The van der Waals surface area contributed by atoms with Gasteiger partial charge in [0.25, 0.3) is 5.91 Å². The average molecular weight is 281 g/mol. The molecule has 110 valence electrons. The quantitative estimate of drug-likeness (QED) is 0.699. The molecule has 3 amide bonds. The molecule has 1 aromatic rings. The molecule has 0 radical (unpaired) electrons. The Hall–Kier alpha value is -2.28. The molecule has 0 aliphatic heterocycles. The number of nitrogens with two attached hydrogens (primary N) is 1. The Morgan fingerprint density at radius 1 is 1.35 bits per heavy atom. The molecule has 0 spiro atoms. The Balaban J connectivity index is 2.85. The fourth-order valence-electron chi connectivity index (χ4n) is 1.59. The van der Waals surface area contributed by atoms with Crippen LogP contribution in [0.25, 0.3) is 0 Å². The maximum Gasteiger partial charge on any atom is 0.318 e. The van der Waals surface area contributed by atoms with Crippen molar-refractivity contribution in [2.24, 2.45) is 5.73 Å². The van der Waals surface area contributed by atoms with E-state index in [1.807, 2.05) is 18.4 Å². The van der Waals surface area contributed by atoms with Gasteiger partial charge in [-0.3, -0.25) is 10.1 Å². The lowest BCUT2D eigenvalue weighted by Crippen LogP contribution is -2.42. The second-order valence-electron chi connectivity index (χ2n) is 4.13. The van der Waals surface area contributed by atoms with Gasteiger partial charge in [0.05, 0.1) is 7.11 Å². The van der Waals surface area contributed by atoms with Gasteiger partial charge in [0.1, 0.15) is 0 Å². The summed E-state index contributed by atoms with van der Waals surface area (Å²) in [4.78, 5) is 22.2. The fourth-order valence-corrected chi connectivity index (χ4v) is 1.59. The van der Waals surface area contributed by atoms with Crippen molar-refractivity contribution in [3.8, 4) is 11.5 Å². The number of hydrogen-bond donors (Lipinski definition) is 3. The average Bonchev–Trinajstić information content (AvgIpc) is 2.38. The van der Waals surface area contributed by atoms with Crippen LogP contribution >= 0.6 is 0 Å². The van der Waals surface area contributed by atoms with Crippen molar-refractivity contribution in [3.05, 3.63) is 23.8 Å². The summed E-state index contributed by atoms with van der Waals surface area (Å²) in [6.45, 7) is 2.17. The Morgan fingerprint density at radius 2 is 2.05 bits per heavy atom. The van der Waals surface area contributed by atoms with E-state index in [0.29, 0.717) is 18.0 Å². The molecule has 0 fully saturated rings. The first-order valence-corrected chi connectivity index (χ1v) is 6.06. The second kappa shape index (κ2) is 7.34. The van der Waals surface area contributed by atoms with Crippen LogP contribution < -0.4 is 25.8 Å². The monoisotopic (exact) mass is 281 g/mol. The largest absolute Gasteiger partial charge is 0.493 e. The third-order valence-corrected chi connectivity index (χ3v) is 2.53. The number of benzene rings is 1. The number of nitrogens with one attached hydrogen (secondary N) is 2. The molecule has 1 atom stereocenters. The second-order valence-corrected chi connectivity index (χ2v) is 4.13. The van der Waals surface area contributed by atoms with Gasteiger partial charge >= 0.3 is 6.03 Å². The zero-order valence-corrected chi connectivity index (χ0v) is 11.7. The van der Waals surface area contributed by atoms with Crippen molar-refractivity contribution in [1.82, 2.24) is 10.6 Å². The van der Waals surface area contributed by atoms with Crippen LogP contribution in [0.2, 0.25) is 0 Å². The van der Waals surface area contributed by atoms with Crippen molar-refractivity contribution < 1.29 is 19.1 Å². The summed E-state index contributed by atoms with van der Waals surface area (Å²) in [6.07, 6.45) is -0.874. The molecular formula is C13H19N3O4. The van der Waals surface area contributed by atoms with Crippen LogP contribution in [-0.2, 0) is 11.3 Å². The molecule has 0 aliphatic rings. The zero-order valence-electron chi connectivity index (χ0n) is 11.7. The van der Waals surface area contributed by atoms with Gasteiger partial charge < -0.3 is 20.5 Å². The molecule has 1 unspecified atom stereocenters. The molecule has 20 heavy (non-hydrogen) atoms. The Morgan fingerprint density at radius 3 is 2.60 bits per heavy atom. The summed E-state index contributed by atoms with van der Waals surface area (Å²) < 4.78 is 10.7. The minimum Gasteiger partial charge on any atom is -0.493 e. The molecule has 1 aromatic carbocycles. The van der Waals surface area contributed by atoms with Crippen LogP contribution in [0.3, 0.4) is 0 Å². The molecule has 4 N–H and O–H groups in total. The number of imide groups is 1. The van der Waals surface area contributed by atoms with Crippen molar-refractivity contribution in [1.29, 1.82) is 0 Å². The number of methoxy groups -OCH3 is 1. The standard InChI is InChI=1S/C13H19N3O4/c1-8(12(17)16-13(14)18)20-11-6-9(7-15-2)4-5-10(11)19-3/h4-6,8,15H,7H2,1-3H3,(H3,14,16,17,18). The molecule has 7 heteroatoms. The van der Waals surface area contributed by atoms with E-state index >= 15 is 0 Å². The van der Waals surface area contributed by atoms with E-state index in [1.54, 1.807) is 12.1 Å². The van der Waals surface area contributed by atoms with E-state index in [-0.39, 0.29) is 0 Å². The van der Waals surface area contributed by atoms with Gasteiger partial charge in [-0.2, -0.15) is 0 Å². The number of hydrogen-bond acceptors (Lipinski definition) is 5. The normalized spacial score (nSPS) is 11.6. The van der Waals surface area contributed by atoms with Crippen molar-refractivity contribution in [2.45, 2.75) is 19.6 Å². The van der Waals surface area contributed by atoms with E-state index in [2.05, 4.69) is 5.32 Å². The summed E-state index contributed by atoms with van der Waals surface area (Å²) in [5.74, 6) is 0.314. The summed E-state index contributed by atoms with van der Waals surface area (Å²) >= 11 is 0. The molecule has 1 rings (SSSR count). The highest BCUT2D eigenvalue weighted by molar-refractivity contribution is 5.95. The summed E-state index contributed by atoms with van der Waals surface area (Å²) in [5.41, 5.74) is 5.86. The molecular weight excluding hydrogens is 262 g/mol. The van der Waals surface area contributed by atoms with Crippen LogP contribution in [0.5, 0.6) is 11.5 Å². The van der Waals surface area contributed by atoms with E-state index in [1.165, 1.54) is 14.0 Å². The van der Waals surface area contributed by atoms with Gasteiger partial charge in [-0.1, -0.05) is 6.07 Å². The van der Waals surface area contributed by atoms with Crippen LogP contribution in [0.4, 0.5) is 4.79 Å². The Labute approximate surface area is 117 Å². The molecule has 0 saturated carbocycles. The highest BCUT2D eigenvalue weighted by Crippen LogP contribution is 2.29. The first-order valence-electron chi connectivity index (χ1n) is 6.06. The lowest BCUT2D eigenvalue weighted by atomic mass is 10.2. The lowest BCUT2D eigenvalue weighted by Gasteiger charge is -2.16. The molecule has 0 saturated heterocycles. The van der Waals surface area contributed by atoms with Crippen LogP contribution in [0.15, 0.2) is 18.2 Å². The number of urea groups is 1. The summed E-state index contributed by atoms with van der Waals surface area (Å²) in [7, 11) is 3.34. The number of ether oxygens (including phenoxy) is 2. The maximum absolute atomic E-state index is 11.6. The van der Waals surface area contributed by atoms with E-state index in [0.717, 1.165) is 5.56 Å². The van der Waals surface area contributed by atoms with E-state index < -0.39 is 18.0 Å². The Kier molecular flexibility index (Phi) is 5.79. The summed E-state index contributed by atoms with van der Waals surface area (Å²) in [6, 6.07) is 4.49. The molecule has 0 bridgehead atoms. The number of primary amides is 1. The van der Waals surface area contributed by atoms with Gasteiger partial charge in [0.2, 0.25) is 0 Å². The van der Waals surface area contributed by atoms with Gasteiger partial charge in [0.15, 0.2) is 17.6 Å². The van der Waals surface area contributed by atoms with Gasteiger partial charge in [-0.05, 0) is 31.7 Å². The van der Waals surface area contributed by atoms with Gasteiger partial charge in [-0.15, -0.1) is 0 Å². The summed E-state index contributed by atoms with van der Waals surface area (Å²) in [5, 5.41) is 4.98. The topological polar surface area (TPSA) is 103 Å². The third-order valence-electron chi connectivity index (χ3n) is 2.53. The van der Waals surface area contributed by atoms with Crippen molar-refractivity contribution >= 4 is 11.9 Å². The minimum atomic E-state index is -0.915. The lowest BCUT2D eigenvalue weighted by molar-refractivity contribution is -0.126. The van der Waals surface area contributed by atoms with Crippen molar-refractivity contribution in [3.63, 3.8) is 0 Å². The number of rotatable bonds is 6. The van der Waals surface area contributed by atoms with E-state index in [4.69, 9.17) is 15.2 Å². The Bertz CT molecular complexity index is 491. The predicted octanol–water partition coefficient (Wildman–Crippen LogP) is 0.377. The van der Waals surface area contributed by atoms with Crippen LogP contribution in [-0.4, -0.2) is 32.2 Å². The van der Waals surface area contributed by atoms with Gasteiger partial charge in [-0.25, -0.2) is 4.79 Å². The number of carbonyl (C=O) groups excluding carboxylic acids is 2. The fraction of sp³-hybridized carbons (Fsp3) is 0.385. The zero-order chi connectivity index (χ0) is 15.1. The van der Waals surface area contributed by atoms with Crippen LogP contribution in [0.1, 0.15) is 12.5 Å². The smallest absolute Gasteiger partial charge is 0.318 e. The number of amides is 3. The predicted molar refractivity (Wildman–Crippen MR) is 73.6 cm³/mol. The third kappa shape index (κ3) is 4.43. The van der Waals surface area contributed by atoms with Crippen LogP contribution in [0, 0.1) is 0 Å². The van der Waals surface area contributed by atoms with E-state index in [9.17, 15) is 9.59 Å². The molecule has 0 heterocycles. The molecule has 0 aliphatic carbocycles. The highest BCUT2D eigenvalue weighted by Gasteiger charge is 2.18. The molecule has 0 aromatic heterocycles. The minimum absolute atomic E-state index is 0.423. The first kappa shape index (κ1) is 15.8. The first-order chi connectivity index (χ1) is 9.47. The van der Waals surface area contributed by atoms with Crippen molar-refractivity contribution in [2.75, 3.05) is 14.2 Å². The highest BCUT2D eigenvalue weighted by atomic mass is 16.5. The molecule has 7 nitrogen and oxygen atoms in total.